The predicted octanol–water partition coefficient (Wildman–Crippen LogP) is -2.79. The standard InChI is InChI=1S/C37H60O10.C36H56O9.IO4.Na/c1-18-15-21(30(33(5,6)43)45-19(2)38)46-28-25(18)34(7)13-14-37-17-36(37)12-11-24(47-31-27(41)26(40)20(39)16-44-31)32(3,4)22(36)9-10-23(37)35(34,8)29(28)42;1-20-17-22(30(32(5,6)41)43-21(2)39)44-28-27(20)33(7)13-14-36-19-35(36)12-11-25(45-26(18-38)42-16-15-37)31(3,4)23(35)9-10-24(36)34(33,8)29(28)40;2-1(3,4)5;/h18,20-31,39-43H,9-17H2,1-8H3;15,18,20,22-30,40-41H,9-14,16-17,19H2,1-8H3;;/q;;-1;+1/t18-,20-,21-,22+,23+,24+,25+,26+,27-,28+,29+,30+,31+,34-,35-,36-,37+;20-,22-,23+,24+,25+,26+,27+,28+,29+,30+,33-,34-,35-,36+;;/m11../s1. The average Bonchev–Trinajstić information content (AvgIpc) is 1.46. The molecular formula is C73H116INaO23. The number of halogens is 1. The van der Waals surface area contributed by atoms with E-state index in [0.29, 0.717) is 49.1 Å². The normalized spacial score (nSPS) is 49.8. The van der Waals surface area contributed by atoms with Crippen LogP contribution in [-0.4, -0.2) is 177 Å². The number of rotatable bonds is 14. The molecule has 31 atom stereocenters. The van der Waals surface area contributed by atoms with E-state index in [0.717, 1.165) is 77.0 Å². The van der Waals surface area contributed by atoms with Gasteiger partial charge in [-0.15, -0.1) is 0 Å². The maximum absolute atomic E-state index is 12.5. The van der Waals surface area contributed by atoms with E-state index in [1.54, 1.807) is 27.7 Å². The maximum Gasteiger partial charge on any atom is 1.00 e. The van der Waals surface area contributed by atoms with E-state index in [2.05, 4.69) is 69.2 Å². The number of aliphatic hydroxyl groups is 7. The molecule has 0 bridgehead atoms. The van der Waals surface area contributed by atoms with Gasteiger partial charge in [0.1, 0.15) is 51.3 Å². The predicted molar refractivity (Wildman–Crippen MR) is 335 cm³/mol. The van der Waals surface area contributed by atoms with Crippen LogP contribution in [0.5, 0.6) is 0 Å². The second-order valence-electron chi connectivity index (χ2n) is 36.4. The minimum Gasteiger partial charge on any atom is -0.457 e. The molecule has 0 aromatic carbocycles. The first kappa shape index (κ1) is 79.9. The first-order chi connectivity index (χ1) is 44.7. The van der Waals surface area contributed by atoms with Gasteiger partial charge in [-0.3, -0.25) is 28.1 Å². The van der Waals surface area contributed by atoms with Crippen molar-refractivity contribution >= 4 is 24.5 Å². The Morgan fingerprint density at radius 2 is 0.980 bits per heavy atom. The molecule has 98 heavy (non-hydrogen) atoms. The summed E-state index contributed by atoms with van der Waals surface area (Å²) in [5.41, 5.74) is -3.16. The van der Waals surface area contributed by atoms with Crippen LogP contribution in [0, 0.1) is 101 Å². The van der Waals surface area contributed by atoms with Gasteiger partial charge in [-0.05, 0) is 221 Å². The summed E-state index contributed by atoms with van der Waals surface area (Å²) < 4.78 is 83.1. The number of aldehydes is 2. The second-order valence-corrected chi connectivity index (χ2v) is 38.5. The van der Waals surface area contributed by atoms with Gasteiger partial charge in [0.05, 0.1) is 66.6 Å². The Kier molecular flexibility index (Phi) is 21.9. The smallest absolute Gasteiger partial charge is 0.457 e. The Morgan fingerprint density at radius 3 is 1.37 bits per heavy atom. The third kappa shape index (κ3) is 12.3. The zero-order valence-electron chi connectivity index (χ0n) is 61.2. The van der Waals surface area contributed by atoms with Crippen LogP contribution in [0.2, 0.25) is 0 Å². The molecule has 0 radical (unpaired) electrons. The SMILES string of the molecule is CC(=O)O[C@@H]([C@H]1C[C@@H](C)[C@H]2[C@H](O1)[C@H](O)[C@@]1(C)[C@@H]3CC[C@H]4C(C)(C)[C@@H](O[C@@H](C=O)OCC=O)CC[C@@]45C[C@@]35CC[C@]21C)C(C)(C)O.CC(=O)O[C@@H]([C@H]1C[C@@H](C)[C@H]2[C@H](O1)[C@H](O)[C@@]1(C)[C@@H]3CC[C@H]4C(C)(C)[C@@H](O[C@@H]5OC[C@@H](O)[C@H](O)[C@H]5O)CC[C@@]45C[C@@]35CC[C@]21C)C(C)(C)O.[Na+].[O-][I+3]([O-])([O-])[O-]. The third-order valence-electron chi connectivity index (χ3n) is 30.7. The van der Waals surface area contributed by atoms with Crippen LogP contribution in [0.25, 0.3) is 0 Å². The topological polar surface area (TPSA) is 376 Å². The number of aliphatic hydroxyl groups excluding tert-OH is 5. The molecule has 0 amide bonds. The summed E-state index contributed by atoms with van der Waals surface area (Å²) >= 11 is -5.94. The van der Waals surface area contributed by atoms with Crippen molar-refractivity contribution in [2.75, 3.05) is 13.2 Å². The molecule has 10 aliphatic carbocycles. The molecule has 7 N–H and O–H groups in total. The van der Waals surface area contributed by atoms with Crippen LogP contribution >= 0.6 is 0 Å². The van der Waals surface area contributed by atoms with Gasteiger partial charge in [-0.25, -0.2) is 0 Å². The van der Waals surface area contributed by atoms with Crippen LogP contribution < -0.4 is 63.4 Å². The molecule has 13 aliphatic rings. The number of hydrogen-bond acceptors (Lipinski definition) is 23. The fourth-order valence-electron chi connectivity index (χ4n) is 26.7. The van der Waals surface area contributed by atoms with Crippen molar-refractivity contribution in [3.8, 4) is 0 Å². The zero-order valence-corrected chi connectivity index (χ0v) is 65.4. The quantitative estimate of drug-likeness (QED) is 0.0231. The number of hydrogen-bond donors (Lipinski definition) is 7. The van der Waals surface area contributed by atoms with E-state index in [1.165, 1.54) is 26.7 Å². The van der Waals surface area contributed by atoms with E-state index < -0.39 is 117 Å². The van der Waals surface area contributed by atoms with E-state index in [4.69, 9.17) is 51.6 Å². The minimum atomic E-state index is -5.94. The van der Waals surface area contributed by atoms with Crippen LogP contribution in [0.15, 0.2) is 0 Å². The number of carbonyl (C=O) groups excluding carboxylic acids is 4. The number of esters is 2. The Labute approximate surface area is 607 Å². The fraction of sp³-hybridized carbons (Fsp3) is 0.945. The summed E-state index contributed by atoms with van der Waals surface area (Å²) in [5, 5.41) is 77.8. The van der Waals surface area contributed by atoms with E-state index in [9.17, 15) is 54.9 Å². The van der Waals surface area contributed by atoms with Gasteiger partial charge in [-0.2, -0.15) is 0 Å². The molecular weight excluding hydrogens is 1390 g/mol. The Hall–Kier alpha value is -0.670. The second kappa shape index (κ2) is 26.9. The Morgan fingerprint density at radius 1 is 0.592 bits per heavy atom. The average molecular weight is 1510 g/mol. The molecule has 554 valence electrons. The maximum atomic E-state index is 12.5. The molecule has 0 aromatic rings. The monoisotopic (exact) mass is 1510 g/mol. The summed E-state index contributed by atoms with van der Waals surface area (Å²) in [6.45, 7) is 32.3. The van der Waals surface area contributed by atoms with Gasteiger partial charge < -0.3 is 78.4 Å². The number of ether oxygens (including phenoxy) is 8. The van der Waals surface area contributed by atoms with Crippen molar-refractivity contribution in [2.24, 2.45) is 101 Å². The summed E-state index contributed by atoms with van der Waals surface area (Å²) in [7, 11) is 0. The van der Waals surface area contributed by atoms with Crippen molar-refractivity contribution < 1.29 is 156 Å². The Bertz CT molecular complexity index is 2930. The zero-order chi connectivity index (χ0) is 71.7. The van der Waals surface area contributed by atoms with Crippen molar-refractivity contribution in [1.82, 2.24) is 0 Å². The van der Waals surface area contributed by atoms with Gasteiger partial charge >= 0.3 is 41.5 Å². The first-order valence-electron chi connectivity index (χ1n) is 36.3. The van der Waals surface area contributed by atoms with Crippen LogP contribution in [0.4, 0.5) is 0 Å². The molecule has 3 aliphatic heterocycles. The number of carbonyl (C=O) groups is 4. The minimum absolute atomic E-state index is 0. The summed E-state index contributed by atoms with van der Waals surface area (Å²) in [4.78, 5) is 46.6. The molecule has 0 aromatic heterocycles. The van der Waals surface area contributed by atoms with Crippen molar-refractivity contribution in [3.05, 3.63) is 0 Å². The van der Waals surface area contributed by atoms with Gasteiger partial charge in [0.2, 0.25) is 6.29 Å². The van der Waals surface area contributed by atoms with Crippen LogP contribution in [0.3, 0.4) is 0 Å². The van der Waals surface area contributed by atoms with E-state index in [1.807, 2.05) is 0 Å². The number of fused-ring (bicyclic) bond motifs is 8. The molecule has 10 saturated carbocycles. The summed E-state index contributed by atoms with van der Waals surface area (Å²) in [6, 6.07) is 0. The first-order valence-corrected chi connectivity index (χ1v) is 39.8. The van der Waals surface area contributed by atoms with Gasteiger partial charge in [-0.1, -0.05) is 69.2 Å². The third-order valence-corrected chi connectivity index (χ3v) is 30.7. The molecule has 0 unspecified atom stereocenters. The summed E-state index contributed by atoms with van der Waals surface area (Å²) in [5.74, 6) is 1.47. The molecule has 23 nitrogen and oxygen atoms in total. The largest absolute Gasteiger partial charge is 1.00 e. The molecule has 3 saturated heterocycles. The van der Waals surface area contributed by atoms with E-state index in [-0.39, 0.29) is 139 Å². The van der Waals surface area contributed by atoms with Crippen molar-refractivity contribution in [3.63, 3.8) is 0 Å². The molecule has 25 heteroatoms. The molecule has 4 spiro atoms. The van der Waals surface area contributed by atoms with Gasteiger partial charge in [0.15, 0.2) is 24.8 Å². The van der Waals surface area contributed by atoms with Crippen molar-refractivity contribution in [1.29, 1.82) is 0 Å². The fourth-order valence-corrected chi connectivity index (χ4v) is 26.7. The summed E-state index contributed by atoms with van der Waals surface area (Å²) in [6.07, 6.45) is 6.42. The van der Waals surface area contributed by atoms with Gasteiger partial charge in [0.25, 0.3) is 0 Å². The van der Waals surface area contributed by atoms with Crippen molar-refractivity contribution in [2.45, 2.75) is 317 Å². The van der Waals surface area contributed by atoms with Crippen LogP contribution in [0.1, 0.15) is 214 Å². The van der Waals surface area contributed by atoms with Gasteiger partial charge in [0, 0.05) is 24.7 Å². The van der Waals surface area contributed by atoms with Crippen LogP contribution in [-0.2, 0) is 57.1 Å². The molecule has 13 rings (SSSR count). The molecule has 13 fully saturated rings. The van der Waals surface area contributed by atoms with E-state index >= 15 is 0 Å². The molecule has 3 heterocycles. The Balaban J connectivity index is 0.000000197.